The van der Waals surface area contributed by atoms with E-state index in [1.165, 1.54) is 0 Å². The molecule has 0 fully saturated rings. The fourth-order valence-electron chi connectivity index (χ4n) is 1.52. The van der Waals surface area contributed by atoms with Crippen molar-refractivity contribution in [1.29, 1.82) is 0 Å². The summed E-state index contributed by atoms with van der Waals surface area (Å²) in [4.78, 5) is 0. The Balaban J connectivity index is 3.40. The first-order valence-corrected chi connectivity index (χ1v) is 5.11. The summed E-state index contributed by atoms with van der Waals surface area (Å²) in [5.74, 6) is 0. The third-order valence-electron chi connectivity index (χ3n) is 2.53. The molecular formula is C11H11F6N. The van der Waals surface area contributed by atoms with Crippen LogP contribution in [0.4, 0.5) is 26.3 Å². The molecule has 1 aromatic carbocycles. The second-order valence-corrected chi connectivity index (χ2v) is 3.81. The lowest BCUT2D eigenvalue weighted by molar-refractivity contribution is -0.143. The van der Waals surface area contributed by atoms with E-state index < -0.39 is 29.5 Å². The molecule has 0 saturated carbocycles. The molecule has 0 amide bonds. The normalized spacial score (nSPS) is 14.7. The highest BCUT2D eigenvalue weighted by Crippen LogP contribution is 2.39. The first-order valence-electron chi connectivity index (χ1n) is 5.11. The lowest BCUT2D eigenvalue weighted by atomic mass is 9.96. The molecule has 1 nitrogen and oxygen atoms in total. The van der Waals surface area contributed by atoms with E-state index in [0.29, 0.717) is 6.07 Å². The van der Waals surface area contributed by atoms with Gasteiger partial charge in [0, 0.05) is 6.04 Å². The predicted octanol–water partition coefficient (Wildman–Crippen LogP) is 4.13. The van der Waals surface area contributed by atoms with Crippen LogP contribution in [-0.4, -0.2) is 0 Å². The maximum atomic E-state index is 12.7. The average molecular weight is 271 g/mol. The molecule has 1 rings (SSSR count). The van der Waals surface area contributed by atoms with Crippen molar-refractivity contribution in [2.24, 2.45) is 5.73 Å². The number of nitrogens with two attached hydrogens (primary N) is 1. The fraction of sp³-hybridized carbons (Fsp3) is 0.455. The predicted molar refractivity (Wildman–Crippen MR) is 53.7 cm³/mol. The topological polar surface area (TPSA) is 26.0 Å². The summed E-state index contributed by atoms with van der Waals surface area (Å²) in [6.07, 6.45) is -9.47. The van der Waals surface area contributed by atoms with E-state index in [0.717, 1.165) is 6.07 Å². The Bertz CT molecular complexity index is 421. The minimum Gasteiger partial charge on any atom is -0.324 e. The smallest absolute Gasteiger partial charge is 0.324 e. The molecule has 0 aliphatic heterocycles. The molecule has 2 N–H and O–H groups in total. The molecule has 0 heterocycles. The molecule has 0 spiro atoms. The maximum Gasteiger partial charge on any atom is 0.416 e. The van der Waals surface area contributed by atoms with E-state index in [9.17, 15) is 26.3 Å². The quantitative estimate of drug-likeness (QED) is 0.804. The van der Waals surface area contributed by atoms with Crippen LogP contribution in [0, 0.1) is 0 Å². The SMILES string of the molecule is CC[C@@H](N)c1ccc(C(F)(F)F)cc1C(F)(F)F. The first-order chi connectivity index (χ1) is 8.07. The highest BCUT2D eigenvalue weighted by molar-refractivity contribution is 5.37. The van der Waals surface area contributed by atoms with Gasteiger partial charge < -0.3 is 5.73 Å². The average Bonchev–Trinajstić information content (AvgIpc) is 2.24. The molecule has 0 saturated heterocycles. The fourth-order valence-corrected chi connectivity index (χ4v) is 1.52. The Kier molecular flexibility index (Phi) is 3.95. The molecule has 0 unspecified atom stereocenters. The molecule has 1 atom stereocenters. The van der Waals surface area contributed by atoms with Gasteiger partial charge in [0.15, 0.2) is 0 Å². The zero-order chi connectivity index (χ0) is 14.1. The van der Waals surface area contributed by atoms with Gasteiger partial charge in [-0.3, -0.25) is 0 Å². The number of hydrogen-bond donors (Lipinski definition) is 1. The number of rotatable bonds is 2. The maximum absolute atomic E-state index is 12.7. The Morgan fingerprint density at radius 2 is 1.61 bits per heavy atom. The number of benzene rings is 1. The van der Waals surface area contributed by atoms with Gasteiger partial charge in [-0.25, -0.2) is 0 Å². The number of alkyl halides is 6. The van der Waals surface area contributed by atoms with Crippen LogP contribution in [0.5, 0.6) is 0 Å². The van der Waals surface area contributed by atoms with Gasteiger partial charge in [-0.05, 0) is 24.1 Å². The van der Waals surface area contributed by atoms with Gasteiger partial charge in [0.05, 0.1) is 11.1 Å². The molecule has 7 heteroatoms. The van der Waals surface area contributed by atoms with Crippen LogP contribution < -0.4 is 5.73 Å². The highest BCUT2D eigenvalue weighted by atomic mass is 19.4. The van der Waals surface area contributed by atoms with Crippen molar-refractivity contribution in [2.75, 3.05) is 0 Å². The standard InChI is InChI=1S/C11H11F6N/c1-2-9(18)7-4-3-6(10(12,13)14)5-8(7)11(15,16)17/h3-5,9H,2,18H2,1H3/t9-/m1/s1. The third kappa shape index (κ3) is 3.16. The van der Waals surface area contributed by atoms with Gasteiger partial charge in [0.25, 0.3) is 0 Å². The molecule has 0 aliphatic carbocycles. The summed E-state index contributed by atoms with van der Waals surface area (Å²) in [6.45, 7) is 1.56. The molecule has 0 radical (unpaired) electrons. The van der Waals surface area contributed by atoms with Gasteiger partial charge in [-0.15, -0.1) is 0 Å². The van der Waals surface area contributed by atoms with Gasteiger partial charge in [0.1, 0.15) is 0 Å². The summed E-state index contributed by atoms with van der Waals surface area (Å²) < 4.78 is 75.2. The minimum atomic E-state index is -4.86. The Hall–Kier alpha value is -1.24. The minimum absolute atomic E-state index is 0.102. The summed E-state index contributed by atoms with van der Waals surface area (Å²) >= 11 is 0. The van der Waals surface area contributed by atoms with Crippen molar-refractivity contribution in [3.8, 4) is 0 Å². The van der Waals surface area contributed by atoms with Crippen LogP contribution in [-0.2, 0) is 12.4 Å². The van der Waals surface area contributed by atoms with Crippen molar-refractivity contribution >= 4 is 0 Å². The second kappa shape index (κ2) is 4.79. The zero-order valence-corrected chi connectivity index (χ0v) is 9.36. The molecule has 18 heavy (non-hydrogen) atoms. The summed E-state index contributed by atoms with van der Waals surface area (Å²) in [5.41, 5.74) is 2.49. The van der Waals surface area contributed by atoms with E-state index in [4.69, 9.17) is 5.73 Å². The lowest BCUT2D eigenvalue weighted by Gasteiger charge is -2.19. The molecule has 0 aromatic heterocycles. The third-order valence-corrected chi connectivity index (χ3v) is 2.53. The molecule has 0 bridgehead atoms. The lowest BCUT2D eigenvalue weighted by Crippen LogP contribution is -2.18. The molecule has 1 aromatic rings. The van der Waals surface area contributed by atoms with Crippen molar-refractivity contribution in [2.45, 2.75) is 31.7 Å². The van der Waals surface area contributed by atoms with E-state index >= 15 is 0 Å². The van der Waals surface area contributed by atoms with Gasteiger partial charge in [0.2, 0.25) is 0 Å². The summed E-state index contributed by atoms with van der Waals surface area (Å²) in [7, 11) is 0. The Morgan fingerprint density at radius 3 is 2.00 bits per heavy atom. The molecule has 0 aliphatic rings. The zero-order valence-electron chi connectivity index (χ0n) is 9.36. The van der Waals surface area contributed by atoms with Crippen molar-refractivity contribution in [3.63, 3.8) is 0 Å². The van der Waals surface area contributed by atoms with Crippen LogP contribution >= 0.6 is 0 Å². The largest absolute Gasteiger partial charge is 0.416 e. The monoisotopic (exact) mass is 271 g/mol. The molecule has 102 valence electrons. The van der Waals surface area contributed by atoms with Crippen molar-refractivity contribution < 1.29 is 26.3 Å². The van der Waals surface area contributed by atoms with Gasteiger partial charge >= 0.3 is 12.4 Å². The second-order valence-electron chi connectivity index (χ2n) is 3.81. The van der Waals surface area contributed by atoms with E-state index in [1.54, 1.807) is 6.92 Å². The van der Waals surface area contributed by atoms with Crippen LogP contribution in [0.1, 0.15) is 36.1 Å². The Labute approximate surface area is 99.6 Å². The van der Waals surface area contributed by atoms with Crippen LogP contribution in [0.2, 0.25) is 0 Å². The summed E-state index contributed by atoms with van der Waals surface area (Å²) in [5, 5.41) is 0. The molecular weight excluding hydrogens is 260 g/mol. The van der Waals surface area contributed by atoms with Crippen LogP contribution in [0.15, 0.2) is 18.2 Å². The van der Waals surface area contributed by atoms with E-state index in [2.05, 4.69) is 0 Å². The van der Waals surface area contributed by atoms with Crippen molar-refractivity contribution in [1.82, 2.24) is 0 Å². The van der Waals surface area contributed by atoms with Gasteiger partial charge in [-0.1, -0.05) is 13.0 Å². The van der Waals surface area contributed by atoms with Gasteiger partial charge in [-0.2, -0.15) is 26.3 Å². The summed E-state index contributed by atoms with van der Waals surface area (Å²) in [6, 6.07) is 0.564. The van der Waals surface area contributed by atoms with E-state index in [-0.39, 0.29) is 18.1 Å². The Morgan fingerprint density at radius 1 is 1.06 bits per heavy atom. The van der Waals surface area contributed by atoms with Crippen LogP contribution in [0.25, 0.3) is 0 Å². The van der Waals surface area contributed by atoms with Crippen LogP contribution in [0.3, 0.4) is 0 Å². The highest BCUT2D eigenvalue weighted by Gasteiger charge is 2.38. The van der Waals surface area contributed by atoms with E-state index in [1.807, 2.05) is 0 Å². The number of halogens is 6. The first kappa shape index (κ1) is 14.8. The van der Waals surface area contributed by atoms with Crippen molar-refractivity contribution in [3.05, 3.63) is 34.9 Å². The number of hydrogen-bond acceptors (Lipinski definition) is 1.